The molecule has 1 aliphatic heterocycles. The minimum absolute atomic E-state index is 0.206. The third kappa shape index (κ3) is 1.71. The first-order valence-electron chi connectivity index (χ1n) is 5.00. The Balaban J connectivity index is 2.34. The molecular weight excluding hydrogens is 197 g/mol. The van der Waals surface area contributed by atoms with E-state index in [-0.39, 0.29) is 11.8 Å². The molecule has 80 valence electrons. The Kier molecular flexibility index (Phi) is 2.42. The first-order valence-corrected chi connectivity index (χ1v) is 5.00. The fourth-order valence-corrected chi connectivity index (χ4v) is 1.88. The van der Waals surface area contributed by atoms with Crippen molar-refractivity contribution in [1.29, 1.82) is 0 Å². The van der Waals surface area contributed by atoms with Gasteiger partial charge >= 0.3 is 5.97 Å². The fraction of sp³-hybridized carbons (Fsp3) is 0.455. The first-order chi connectivity index (χ1) is 7.16. The predicted octanol–water partition coefficient (Wildman–Crippen LogP) is 2.16. The van der Waals surface area contributed by atoms with Crippen molar-refractivity contribution in [3.05, 3.63) is 29.8 Å². The van der Waals surface area contributed by atoms with E-state index in [1.165, 1.54) is 6.07 Å². The van der Waals surface area contributed by atoms with Crippen LogP contribution in [0.3, 0.4) is 0 Å². The Morgan fingerprint density at radius 1 is 1.60 bits per heavy atom. The van der Waals surface area contributed by atoms with Gasteiger partial charge in [0.1, 0.15) is 5.82 Å². The second-order valence-corrected chi connectivity index (χ2v) is 3.68. The lowest BCUT2D eigenvalue weighted by Gasteiger charge is -2.25. The highest BCUT2D eigenvalue weighted by atomic mass is 19.1. The molecule has 1 aromatic rings. The maximum absolute atomic E-state index is 12.7. The lowest BCUT2D eigenvalue weighted by molar-refractivity contribution is -0.149. The molecule has 1 aromatic heterocycles. The van der Waals surface area contributed by atoms with E-state index >= 15 is 0 Å². The number of hydrogen-bond acceptors (Lipinski definition) is 3. The number of esters is 1. The highest BCUT2D eigenvalue weighted by Gasteiger charge is 2.41. The van der Waals surface area contributed by atoms with E-state index in [1.54, 1.807) is 6.07 Å². The summed E-state index contributed by atoms with van der Waals surface area (Å²) in [5, 5.41) is 0. The molecule has 0 amide bonds. The van der Waals surface area contributed by atoms with Gasteiger partial charge in [0.25, 0.3) is 0 Å². The van der Waals surface area contributed by atoms with Crippen LogP contribution < -0.4 is 0 Å². The van der Waals surface area contributed by atoms with Crippen molar-refractivity contribution < 1.29 is 13.9 Å². The van der Waals surface area contributed by atoms with Crippen LogP contribution in [0.5, 0.6) is 0 Å². The Hall–Kier alpha value is -1.45. The van der Waals surface area contributed by atoms with E-state index in [1.807, 2.05) is 6.92 Å². The second-order valence-electron chi connectivity index (χ2n) is 3.68. The van der Waals surface area contributed by atoms with E-state index < -0.39 is 5.60 Å². The monoisotopic (exact) mass is 209 g/mol. The van der Waals surface area contributed by atoms with Crippen LogP contribution in [0.25, 0.3) is 0 Å². The van der Waals surface area contributed by atoms with Crippen molar-refractivity contribution >= 4 is 5.97 Å². The zero-order valence-corrected chi connectivity index (χ0v) is 8.50. The van der Waals surface area contributed by atoms with Gasteiger partial charge < -0.3 is 4.74 Å². The van der Waals surface area contributed by atoms with Crippen molar-refractivity contribution in [2.24, 2.45) is 0 Å². The van der Waals surface area contributed by atoms with Crippen LogP contribution in [0.1, 0.15) is 31.9 Å². The molecule has 1 aliphatic rings. The summed E-state index contributed by atoms with van der Waals surface area (Å²) in [6.45, 7) is 1.93. The normalized spacial score (nSPS) is 25.3. The van der Waals surface area contributed by atoms with Crippen LogP contribution in [-0.2, 0) is 15.1 Å². The van der Waals surface area contributed by atoms with E-state index in [0.29, 0.717) is 25.0 Å². The van der Waals surface area contributed by atoms with Crippen LogP contribution in [0.2, 0.25) is 0 Å². The molecule has 4 heteroatoms. The van der Waals surface area contributed by atoms with Crippen LogP contribution in [-0.4, -0.2) is 11.0 Å². The van der Waals surface area contributed by atoms with Gasteiger partial charge in [0.2, 0.25) is 0 Å². The van der Waals surface area contributed by atoms with Gasteiger partial charge in [-0.15, -0.1) is 0 Å². The second kappa shape index (κ2) is 3.61. The van der Waals surface area contributed by atoms with E-state index in [4.69, 9.17) is 4.74 Å². The lowest BCUT2D eigenvalue weighted by Crippen LogP contribution is -2.25. The summed E-state index contributed by atoms with van der Waals surface area (Å²) in [4.78, 5) is 15.1. The summed E-state index contributed by atoms with van der Waals surface area (Å²) in [6.07, 6.45) is 2.85. The van der Waals surface area contributed by atoms with Crippen molar-refractivity contribution in [2.45, 2.75) is 31.8 Å². The maximum Gasteiger partial charge on any atom is 0.306 e. The molecule has 0 aromatic carbocycles. The smallest absolute Gasteiger partial charge is 0.306 e. The summed E-state index contributed by atoms with van der Waals surface area (Å²) in [6, 6.07) is 2.92. The molecule has 1 fully saturated rings. The predicted molar refractivity (Wildman–Crippen MR) is 51.5 cm³/mol. The molecule has 0 bridgehead atoms. The van der Waals surface area contributed by atoms with Gasteiger partial charge in [0, 0.05) is 12.8 Å². The van der Waals surface area contributed by atoms with E-state index in [2.05, 4.69) is 4.98 Å². The van der Waals surface area contributed by atoms with Gasteiger partial charge in [0.05, 0.1) is 11.9 Å². The average molecular weight is 209 g/mol. The summed E-state index contributed by atoms with van der Waals surface area (Å²) < 4.78 is 18.0. The number of nitrogens with zero attached hydrogens (tertiary/aromatic N) is 1. The highest BCUT2D eigenvalue weighted by molar-refractivity contribution is 5.72. The fourth-order valence-electron chi connectivity index (χ4n) is 1.88. The van der Waals surface area contributed by atoms with E-state index in [0.717, 1.165) is 6.20 Å². The largest absolute Gasteiger partial charge is 0.453 e. The minimum atomic E-state index is -0.634. The third-order valence-corrected chi connectivity index (χ3v) is 2.81. The Morgan fingerprint density at radius 2 is 2.40 bits per heavy atom. The molecule has 0 radical (unpaired) electrons. The van der Waals surface area contributed by atoms with Gasteiger partial charge in [-0.25, -0.2) is 4.39 Å². The molecule has 0 N–H and O–H groups in total. The summed E-state index contributed by atoms with van der Waals surface area (Å²) in [7, 11) is 0. The molecule has 1 unspecified atom stereocenters. The van der Waals surface area contributed by atoms with Gasteiger partial charge in [-0.2, -0.15) is 0 Å². The number of halogens is 1. The Bertz CT molecular complexity index is 377. The topological polar surface area (TPSA) is 39.2 Å². The molecule has 0 saturated carbocycles. The van der Waals surface area contributed by atoms with Crippen molar-refractivity contribution in [3.63, 3.8) is 0 Å². The molecule has 1 atom stereocenters. The molecule has 1 saturated heterocycles. The number of carbonyl (C=O) groups is 1. The number of aromatic nitrogens is 1. The highest BCUT2D eigenvalue weighted by Crippen LogP contribution is 2.38. The van der Waals surface area contributed by atoms with Crippen LogP contribution in [0.4, 0.5) is 4.39 Å². The molecule has 2 heterocycles. The summed E-state index contributed by atoms with van der Waals surface area (Å²) in [5.41, 5.74) is 0.00220. The molecule has 2 rings (SSSR count). The van der Waals surface area contributed by atoms with Crippen LogP contribution >= 0.6 is 0 Å². The number of rotatable bonds is 2. The van der Waals surface area contributed by atoms with E-state index in [9.17, 15) is 9.18 Å². The summed E-state index contributed by atoms with van der Waals surface area (Å²) >= 11 is 0. The molecule has 15 heavy (non-hydrogen) atoms. The zero-order valence-electron chi connectivity index (χ0n) is 8.50. The number of cyclic esters (lactones) is 1. The Labute approximate surface area is 87.3 Å². The maximum atomic E-state index is 12.7. The van der Waals surface area contributed by atoms with Crippen LogP contribution in [0.15, 0.2) is 18.3 Å². The van der Waals surface area contributed by atoms with Gasteiger partial charge in [-0.05, 0) is 18.6 Å². The third-order valence-electron chi connectivity index (χ3n) is 2.81. The number of carbonyl (C=O) groups excluding carboxylic acids is 1. The average Bonchev–Trinajstić information content (AvgIpc) is 2.62. The zero-order chi connectivity index (χ0) is 10.9. The van der Waals surface area contributed by atoms with Crippen molar-refractivity contribution in [2.75, 3.05) is 0 Å². The minimum Gasteiger partial charge on any atom is -0.453 e. The quantitative estimate of drug-likeness (QED) is 0.700. The molecular formula is C11H12FNO2. The summed E-state index contributed by atoms with van der Waals surface area (Å²) in [5.74, 6) is -0.586. The lowest BCUT2D eigenvalue weighted by atomic mass is 9.92. The van der Waals surface area contributed by atoms with Gasteiger partial charge in [-0.3, -0.25) is 9.78 Å². The molecule has 3 nitrogen and oxygen atoms in total. The molecule has 0 aliphatic carbocycles. The van der Waals surface area contributed by atoms with Crippen LogP contribution in [0, 0.1) is 5.82 Å². The standard InChI is InChI=1S/C11H12FNO2/c1-2-11(6-5-10(14)15-11)9-4-3-8(12)7-13-9/h3-4,7H,2,5-6H2,1H3. The van der Waals surface area contributed by atoms with Gasteiger partial charge in [0.15, 0.2) is 5.60 Å². The Morgan fingerprint density at radius 3 is 2.87 bits per heavy atom. The number of ether oxygens (including phenoxy) is 1. The van der Waals surface area contributed by atoms with Crippen molar-refractivity contribution in [1.82, 2.24) is 4.98 Å². The van der Waals surface area contributed by atoms with Gasteiger partial charge in [-0.1, -0.05) is 6.92 Å². The van der Waals surface area contributed by atoms with Crippen molar-refractivity contribution in [3.8, 4) is 0 Å². The number of pyridine rings is 1. The number of hydrogen-bond donors (Lipinski definition) is 0. The SMILES string of the molecule is CCC1(c2ccc(F)cn2)CCC(=O)O1. The first kappa shape index (κ1) is 10.1. The molecule has 0 spiro atoms.